The number of carbonyl (C=O) groups is 3. The second-order valence-corrected chi connectivity index (χ2v) is 8.80. The van der Waals surface area contributed by atoms with Gasteiger partial charge in [-0.15, -0.1) is 6.42 Å². The van der Waals surface area contributed by atoms with Gasteiger partial charge in [0.15, 0.2) is 0 Å². The summed E-state index contributed by atoms with van der Waals surface area (Å²) < 4.78 is 18.4. The maximum Gasteiger partial charge on any atom is 0.379 e. The van der Waals surface area contributed by atoms with E-state index in [2.05, 4.69) is 24.7 Å². The number of unbranched alkanes of at least 4 members (excludes halogenated alkanes) is 1. The quantitative estimate of drug-likeness (QED) is 0.107. The van der Waals surface area contributed by atoms with Crippen molar-refractivity contribution in [2.45, 2.75) is 82.1 Å². The first-order chi connectivity index (χ1) is 18.3. The number of rotatable bonds is 10. The number of nitrogens with one attached hydrogen (secondary N) is 1. The Kier molecular flexibility index (Phi) is 19.5. The van der Waals surface area contributed by atoms with E-state index < -0.39 is 17.7 Å². The number of ether oxygens (including phenoxy) is 1. The lowest BCUT2D eigenvalue weighted by Crippen LogP contribution is -2.23. The van der Waals surface area contributed by atoms with E-state index in [0.29, 0.717) is 28.0 Å². The first-order valence-electron chi connectivity index (χ1n) is 13.3. The van der Waals surface area contributed by atoms with Gasteiger partial charge in [-0.2, -0.15) is 0 Å². The summed E-state index contributed by atoms with van der Waals surface area (Å²) in [5.74, 6) is -0.266. The molecular weight excluding hydrogens is 493 g/mol. The van der Waals surface area contributed by atoms with E-state index in [1.54, 1.807) is 33.8 Å². The zero-order chi connectivity index (χ0) is 30.7. The Bertz CT molecular complexity index is 1130. The molecule has 6 heteroatoms. The first-order valence-corrected chi connectivity index (χ1v) is 13.3. The summed E-state index contributed by atoms with van der Waals surface area (Å²) in [6.45, 7) is 22.1. The van der Waals surface area contributed by atoms with Crippen molar-refractivity contribution in [1.82, 2.24) is 0 Å². The number of aryl methyl sites for hydroxylation is 1. The number of ketones is 1. The van der Waals surface area contributed by atoms with Crippen molar-refractivity contribution in [3.63, 3.8) is 0 Å². The Morgan fingerprint density at radius 2 is 1.72 bits per heavy atom. The average molecular weight is 540 g/mol. The van der Waals surface area contributed by atoms with Gasteiger partial charge in [-0.05, 0) is 87.9 Å². The molecule has 0 radical (unpaired) electrons. The first kappa shape index (κ1) is 37.4. The van der Waals surface area contributed by atoms with Crippen LogP contribution >= 0.6 is 0 Å². The number of anilines is 1. The largest absolute Gasteiger partial charge is 0.460 e. The number of halogens is 1. The van der Waals surface area contributed by atoms with Crippen LogP contribution in [0.3, 0.4) is 0 Å². The molecule has 0 atom stereocenters. The Hall–Kier alpha value is -3.72. The van der Waals surface area contributed by atoms with Crippen molar-refractivity contribution in [2.75, 3.05) is 11.9 Å². The highest BCUT2D eigenvalue weighted by Gasteiger charge is 2.26. The zero-order valence-electron chi connectivity index (χ0n) is 25.4. The molecule has 0 spiro atoms. The van der Waals surface area contributed by atoms with E-state index in [1.807, 2.05) is 33.8 Å². The number of terminal acetylenes is 1. The third-order valence-electron chi connectivity index (χ3n) is 5.36. The average Bonchev–Trinajstić information content (AvgIpc) is 2.89. The van der Waals surface area contributed by atoms with Crippen LogP contribution in [0.25, 0.3) is 0 Å². The van der Waals surface area contributed by atoms with Crippen LogP contribution in [0.1, 0.15) is 80.7 Å². The van der Waals surface area contributed by atoms with Crippen LogP contribution in [-0.4, -0.2) is 24.3 Å². The van der Waals surface area contributed by atoms with Gasteiger partial charge in [-0.25, -0.2) is 9.18 Å². The Labute approximate surface area is 235 Å². The molecule has 0 saturated heterocycles. The maximum atomic E-state index is 13.6. The van der Waals surface area contributed by atoms with Crippen LogP contribution in [0, 0.1) is 31.0 Å². The van der Waals surface area contributed by atoms with Crippen molar-refractivity contribution in [2.24, 2.45) is 5.92 Å². The van der Waals surface area contributed by atoms with E-state index in [1.165, 1.54) is 31.5 Å². The van der Waals surface area contributed by atoms with Gasteiger partial charge >= 0.3 is 5.97 Å². The monoisotopic (exact) mass is 539 g/mol. The molecule has 0 aliphatic carbocycles. The number of allylic oxidation sites excluding steroid dienone is 4. The standard InChI is InChI=1S/C24H30FNO4.C7H10.C2H6/c1-9-30-24(29)22(27)17(8)16(7)21(20(13(2)3)14(4)5)23(28)26-18-10-11-19(25)15(6)12-18;1-3-5-7-6-4-2;1-2/h10-12,14H,2,9H2,1,3-8H3,(H,26,28);1,5,7H,4,6H2,2H3;1-2H3/b17-16+,21-20+;7-5-;. The van der Waals surface area contributed by atoms with E-state index >= 15 is 0 Å². The number of amides is 1. The Balaban J connectivity index is 0. The SMILES string of the molecule is C#C/C=C\CCC.C=C(C)/C(=C(C(=O)Nc1ccc(F)c(C)c1)/C(C)=C(\C)C(=O)C(=O)OCC)C(C)C.CC. The number of Topliss-reactive ketones (excluding diaryl/α,β-unsaturated/α-hetero) is 1. The van der Waals surface area contributed by atoms with E-state index in [-0.39, 0.29) is 29.5 Å². The molecule has 0 bridgehead atoms. The van der Waals surface area contributed by atoms with E-state index in [9.17, 15) is 18.8 Å². The molecule has 1 N–H and O–H groups in total. The van der Waals surface area contributed by atoms with Gasteiger partial charge in [0.05, 0.1) is 6.61 Å². The van der Waals surface area contributed by atoms with Crippen LogP contribution in [0.2, 0.25) is 0 Å². The smallest absolute Gasteiger partial charge is 0.379 e. The van der Waals surface area contributed by atoms with E-state index in [0.717, 1.165) is 6.42 Å². The summed E-state index contributed by atoms with van der Waals surface area (Å²) in [6, 6.07) is 4.26. The number of carbonyl (C=O) groups excluding carboxylic acids is 3. The second kappa shape index (κ2) is 20.3. The predicted molar refractivity (Wildman–Crippen MR) is 161 cm³/mol. The van der Waals surface area contributed by atoms with Crippen molar-refractivity contribution < 1.29 is 23.5 Å². The van der Waals surface area contributed by atoms with Gasteiger partial charge in [0.2, 0.25) is 0 Å². The van der Waals surface area contributed by atoms with Crippen LogP contribution in [-0.2, 0) is 19.1 Å². The summed E-state index contributed by atoms with van der Waals surface area (Å²) in [7, 11) is 0. The Morgan fingerprint density at radius 3 is 2.15 bits per heavy atom. The van der Waals surface area contributed by atoms with Gasteiger partial charge in [0.25, 0.3) is 11.7 Å². The summed E-state index contributed by atoms with van der Waals surface area (Å²) in [5.41, 5.74) is 2.88. The van der Waals surface area contributed by atoms with Crippen LogP contribution < -0.4 is 5.32 Å². The second-order valence-electron chi connectivity index (χ2n) is 8.80. The summed E-state index contributed by atoms with van der Waals surface area (Å²) in [6.07, 6.45) is 11.0. The normalized spacial score (nSPS) is 11.6. The van der Waals surface area contributed by atoms with Crippen LogP contribution in [0.5, 0.6) is 0 Å². The Morgan fingerprint density at radius 1 is 1.13 bits per heavy atom. The molecule has 39 heavy (non-hydrogen) atoms. The van der Waals surface area contributed by atoms with Gasteiger partial charge in [0, 0.05) is 16.8 Å². The van der Waals surface area contributed by atoms with Crippen molar-refractivity contribution in [3.05, 3.63) is 76.2 Å². The fraction of sp³-hybridized carbons (Fsp3) is 0.424. The molecule has 0 heterocycles. The fourth-order valence-corrected chi connectivity index (χ4v) is 3.43. The van der Waals surface area contributed by atoms with E-state index in [4.69, 9.17) is 11.2 Å². The summed E-state index contributed by atoms with van der Waals surface area (Å²) in [5, 5.41) is 2.76. The molecule has 1 amide bonds. The lowest BCUT2D eigenvalue weighted by molar-refractivity contribution is -0.151. The van der Waals surface area contributed by atoms with Crippen molar-refractivity contribution in [1.29, 1.82) is 0 Å². The maximum absolute atomic E-state index is 13.6. The molecule has 0 fully saturated rings. The highest BCUT2D eigenvalue weighted by Crippen LogP contribution is 2.30. The highest BCUT2D eigenvalue weighted by atomic mass is 19.1. The molecular formula is C33H46FNO4. The zero-order valence-corrected chi connectivity index (χ0v) is 25.4. The molecule has 5 nitrogen and oxygen atoms in total. The third kappa shape index (κ3) is 13.1. The topological polar surface area (TPSA) is 72.5 Å². The van der Waals surface area contributed by atoms with Crippen LogP contribution in [0.4, 0.5) is 10.1 Å². The summed E-state index contributed by atoms with van der Waals surface area (Å²) >= 11 is 0. The number of hydrogen-bond donors (Lipinski definition) is 1. The minimum atomic E-state index is -0.968. The van der Waals surface area contributed by atoms with Crippen LogP contribution in [0.15, 0.2) is 64.8 Å². The molecule has 0 saturated carbocycles. The molecule has 0 aliphatic heterocycles. The lowest BCUT2D eigenvalue weighted by atomic mass is 9.86. The van der Waals surface area contributed by atoms with Gasteiger partial charge in [-0.3, -0.25) is 9.59 Å². The molecule has 0 aromatic heterocycles. The van der Waals surface area contributed by atoms with Gasteiger partial charge in [0.1, 0.15) is 5.82 Å². The number of esters is 1. The lowest BCUT2D eigenvalue weighted by Gasteiger charge is -2.20. The predicted octanol–water partition coefficient (Wildman–Crippen LogP) is 8.07. The number of hydrogen-bond acceptors (Lipinski definition) is 4. The molecule has 1 aromatic rings. The third-order valence-corrected chi connectivity index (χ3v) is 5.36. The molecule has 0 unspecified atom stereocenters. The minimum absolute atomic E-state index is 0.0707. The number of benzene rings is 1. The molecule has 214 valence electrons. The van der Waals surface area contributed by atoms with Gasteiger partial charge < -0.3 is 10.1 Å². The molecule has 0 aliphatic rings. The fourth-order valence-electron chi connectivity index (χ4n) is 3.43. The van der Waals surface area contributed by atoms with Crippen molar-refractivity contribution >= 4 is 23.3 Å². The van der Waals surface area contributed by atoms with Gasteiger partial charge in [-0.1, -0.05) is 65.2 Å². The minimum Gasteiger partial charge on any atom is -0.460 e. The molecule has 1 aromatic carbocycles. The molecule has 1 rings (SSSR count). The highest BCUT2D eigenvalue weighted by molar-refractivity contribution is 6.40. The summed E-state index contributed by atoms with van der Waals surface area (Å²) in [4.78, 5) is 37.6. The van der Waals surface area contributed by atoms with Crippen molar-refractivity contribution in [3.8, 4) is 12.3 Å².